The van der Waals surface area contributed by atoms with Gasteiger partial charge in [-0.15, -0.1) is 0 Å². The average molecular weight is 551 g/mol. The molecular formula is C36H58O2Si. The lowest BCUT2D eigenvalue weighted by molar-refractivity contribution is 0.0559. The Bertz CT molecular complexity index is 1110. The molecule has 1 saturated carbocycles. The largest absolute Gasteiger partial charge is 0.543 e. The summed E-state index contributed by atoms with van der Waals surface area (Å²) < 4.78 is 13.7. The number of hydrogen-bond donors (Lipinski definition) is 0. The zero-order valence-electron chi connectivity index (χ0n) is 27.3. The molecule has 0 N–H and O–H groups in total. The summed E-state index contributed by atoms with van der Waals surface area (Å²) in [4.78, 5) is 0. The van der Waals surface area contributed by atoms with E-state index in [1.165, 1.54) is 59.9 Å². The van der Waals surface area contributed by atoms with Gasteiger partial charge in [0.1, 0.15) is 17.1 Å². The maximum absolute atomic E-state index is 6.87. The SMILES string of the molecule is C/C(=C\CC/C(C)=C/CC[C@]1(C)CCc2c(C)c(O[Si](C)(C)C(C)(C)C)c(C)c(C)c2O1)CCC=C1CCC1. The third-order valence-corrected chi connectivity index (χ3v) is 14.2. The molecule has 1 fully saturated rings. The van der Waals surface area contributed by atoms with E-state index in [1.807, 2.05) is 0 Å². The summed E-state index contributed by atoms with van der Waals surface area (Å²) in [7, 11) is -1.91. The van der Waals surface area contributed by atoms with Crippen LogP contribution in [0.2, 0.25) is 18.1 Å². The molecule has 0 saturated heterocycles. The molecule has 0 unspecified atom stereocenters. The van der Waals surface area contributed by atoms with Crippen molar-refractivity contribution in [2.45, 2.75) is 157 Å². The predicted octanol–water partition coefficient (Wildman–Crippen LogP) is 11.4. The van der Waals surface area contributed by atoms with E-state index in [2.05, 4.69) is 93.6 Å². The summed E-state index contributed by atoms with van der Waals surface area (Å²) in [5.41, 5.74) is 9.78. The number of hydrogen-bond acceptors (Lipinski definition) is 2. The molecule has 1 atom stereocenters. The maximum atomic E-state index is 6.87. The van der Waals surface area contributed by atoms with Crippen LogP contribution < -0.4 is 9.16 Å². The van der Waals surface area contributed by atoms with Crippen molar-refractivity contribution in [2.24, 2.45) is 0 Å². The highest BCUT2D eigenvalue weighted by Gasteiger charge is 2.41. The van der Waals surface area contributed by atoms with Crippen LogP contribution >= 0.6 is 0 Å². The first-order valence-corrected chi connectivity index (χ1v) is 18.5. The third-order valence-electron chi connectivity index (χ3n) is 9.89. The van der Waals surface area contributed by atoms with Crippen molar-refractivity contribution in [3.63, 3.8) is 0 Å². The second kappa shape index (κ2) is 12.8. The first kappa shape index (κ1) is 31.8. The summed E-state index contributed by atoms with van der Waals surface area (Å²) in [5, 5.41) is 0.179. The predicted molar refractivity (Wildman–Crippen MR) is 173 cm³/mol. The molecule has 0 bridgehead atoms. The third kappa shape index (κ3) is 8.15. The van der Waals surface area contributed by atoms with Crippen LogP contribution in [0.15, 0.2) is 34.9 Å². The van der Waals surface area contributed by atoms with Gasteiger partial charge in [-0.1, -0.05) is 55.7 Å². The smallest absolute Gasteiger partial charge is 0.250 e. The van der Waals surface area contributed by atoms with E-state index in [9.17, 15) is 0 Å². The van der Waals surface area contributed by atoms with Gasteiger partial charge in [-0.05, 0) is 147 Å². The highest BCUT2D eigenvalue weighted by Crippen LogP contribution is 2.47. The van der Waals surface area contributed by atoms with Gasteiger partial charge in [0.05, 0.1) is 0 Å². The molecule has 0 aromatic heterocycles. The molecule has 2 aliphatic rings. The van der Waals surface area contributed by atoms with Gasteiger partial charge in [0, 0.05) is 5.56 Å². The number of allylic oxidation sites excluding steroid dienone is 6. The van der Waals surface area contributed by atoms with Crippen LogP contribution in [0, 0.1) is 20.8 Å². The lowest BCUT2D eigenvalue weighted by atomic mass is 9.85. The molecule has 0 amide bonds. The van der Waals surface area contributed by atoms with Crippen LogP contribution in [0.5, 0.6) is 11.5 Å². The van der Waals surface area contributed by atoms with E-state index in [0.29, 0.717) is 0 Å². The Morgan fingerprint density at radius 2 is 1.51 bits per heavy atom. The van der Waals surface area contributed by atoms with E-state index in [1.54, 1.807) is 11.1 Å². The second-order valence-corrected chi connectivity index (χ2v) is 19.1. The molecule has 1 aliphatic heterocycles. The number of ether oxygens (including phenoxy) is 1. The Labute approximate surface area is 242 Å². The standard InChI is InChI=1S/C36H58O2Si/c1-26(18-13-20-31-21-14-22-31)16-12-17-27(2)19-15-24-36(9)25-23-32-30(5)33(28(3)29(4)34(32)37-36)38-39(10,11)35(6,7)8/h16,19-20H,12-15,17-18,21-25H2,1-11H3/b26-16+,27-19+/t36-/m1/s1. The van der Waals surface area contributed by atoms with Crippen LogP contribution in [0.1, 0.15) is 128 Å². The minimum atomic E-state index is -1.91. The molecule has 3 rings (SSSR count). The van der Waals surface area contributed by atoms with Gasteiger partial charge in [-0.2, -0.15) is 0 Å². The van der Waals surface area contributed by atoms with E-state index >= 15 is 0 Å². The second-order valence-electron chi connectivity index (χ2n) is 14.4. The average Bonchev–Trinajstić information content (AvgIpc) is 2.81. The highest BCUT2D eigenvalue weighted by molar-refractivity contribution is 6.74. The van der Waals surface area contributed by atoms with Crippen molar-refractivity contribution in [1.82, 2.24) is 0 Å². The highest BCUT2D eigenvalue weighted by atomic mass is 28.4. The van der Waals surface area contributed by atoms with E-state index < -0.39 is 8.32 Å². The van der Waals surface area contributed by atoms with Crippen LogP contribution in [0.4, 0.5) is 0 Å². The van der Waals surface area contributed by atoms with Crippen molar-refractivity contribution >= 4 is 8.32 Å². The van der Waals surface area contributed by atoms with E-state index in [0.717, 1.165) is 50.0 Å². The van der Waals surface area contributed by atoms with Crippen molar-refractivity contribution in [1.29, 1.82) is 0 Å². The molecule has 218 valence electrons. The summed E-state index contributed by atoms with van der Waals surface area (Å²) in [5.74, 6) is 2.24. The van der Waals surface area contributed by atoms with Crippen molar-refractivity contribution in [3.8, 4) is 11.5 Å². The van der Waals surface area contributed by atoms with Gasteiger partial charge in [0.25, 0.3) is 8.32 Å². The first-order valence-electron chi connectivity index (χ1n) is 15.6. The van der Waals surface area contributed by atoms with Crippen LogP contribution in [0.25, 0.3) is 0 Å². The number of benzene rings is 1. The summed E-state index contributed by atoms with van der Waals surface area (Å²) in [6.07, 6.45) is 20.5. The summed E-state index contributed by atoms with van der Waals surface area (Å²) >= 11 is 0. The fraction of sp³-hybridized carbons (Fsp3) is 0.667. The molecule has 2 nitrogen and oxygen atoms in total. The Kier molecular flexibility index (Phi) is 10.5. The fourth-order valence-corrected chi connectivity index (χ4v) is 6.60. The van der Waals surface area contributed by atoms with E-state index in [-0.39, 0.29) is 10.6 Å². The van der Waals surface area contributed by atoms with Gasteiger partial charge in [-0.25, -0.2) is 0 Å². The summed E-state index contributed by atoms with van der Waals surface area (Å²) in [6.45, 7) is 25.2. The molecule has 0 spiro atoms. The summed E-state index contributed by atoms with van der Waals surface area (Å²) in [6, 6.07) is 0. The van der Waals surface area contributed by atoms with Gasteiger partial charge >= 0.3 is 0 Å². The Morgan fingerprint density at radius 1 is 0.897 bits per heavy atom. The molecule has 3 heteroatoms. The van der Waals surface area contributed by atoms with Gasteiger partial charge < -0.3 is 9.16 Å². The molecule has 1 aliphatic carbocycles. The lowest BCUT2D eigenvalue weighted by Gasteiger charge is -2.41. The number of rotatable bonds is 11. The van der Waals surface area contributed by atoms with E-state index in [4.69, 9.17) is 9.16 Å². The Balaban J connectivity index is 1.57. The van der Waals surface area contributed by atoms with Crippen LogP contribution in [0.3, 0.4) is 0 Å². The molecule has 39 heavy (non-hydrogen) atoms. The van der Waals surface area contributed by atoms with Crippen molar-refractivity contribution in [3.05, 3.63) is 57.2 Å². The maximum Gasteiger partial charge on any atom is 0.250 e. The van der Waals surface area contributed by atoms with Crippen LogP contribution in [-0.4, -0.2) is 13.9 Å². The topological polar surface area (TPSA) is 18.5 Å². The Morgan fingerprint density at radius 3 is 2.10 bits per heavy atom. The van der Waals surface area contributed by atoms with Gasteiger partial charge in [0.2, 0.25) is 0 Å². The van der Waals surface area contributed by atoms with Crippen LogP contribution in [-0.2, 0) is 6.42 Å². The zero-order chi connectivity index (χ0) is 29.0. The molecule has 1 aromatic carbocycles. The lowest BCUT2D eigenvalue weighted by Crippen LogP contribution is -2.44. The molecule has 0 radical (unpaired) electrons. The Hall–Kier alpha value is -1.74. The quantitative estimate of drug-likeness (QED) is 0.201. The number of fused-ring (bicyclic) bond motifs is 1. The zero-order valence-corrected chi connectivity index (χ0v) is 28.3. The first-order chi connectivity index (χ1) is 18.1. The molecule has 1 heterocycles. The molecular weight excluding hydrogens is 492 g/mol. The van der Waals surface area contributed by atoms with Gasteiger partial charge in [-0.3, -0.25) is 0 Å². The van der Waals surface area contributed by atoms with Crippen molar-refractivity contribution < 1.29 is 9.16 Å². The minimum absolute atomic E-state index is 0.110. The fourth-order valence-electron chi connectivity index (χ4n) is 5.48. The van der Waals surface area contributed by atoms with Crippen molar-refractivity contribution in [2.75, 3.05) is 0 Å². The normalized spacial score (nSPS) is 20.3. The minimum Gasteiger partial charge on any atom is -0.543 e. The monoisotopic (exact) mass is 550 g/mol. The van der Waals surface area contributed by atoms with Gasteiger partial charge in [0.15, 0.2) is 0 Å². The molecule has 1 aromatic rings.